The number of aliphatic carboxylic acids is 1. The fourth-order valence-corrected chi connectivity index (χ4v) is 9.83. The van der Waals surface area contributed by atoms with Crippen molar-refractivity contribution in [1.82, 2.24) is 10.6 Å². The van der Waals surface area contributed by atoms with E-state index in [0.717, 1.165) is 0 Å². The highest BCUT2D eigenvalue weighted by atomic mass is 32.2. The molecule has 416 valence electrons. The Morgan fingerprint density at radius 2 is 1.11 bits per heavy atom. The summed E-state index contributed by atoms with van der Waals surface area (Å²) in [5.74, 6) is -2.38. The highest BCUT2D eigenvalue weighted by Crippen LogP contribution is 2.34. The van der Waals surface area contributed by atoms with Crippen LogP contribution in [0.1, 0.15) is 76.8 Å². The average molecular weight is 1100 g/mol. The number of carboxylic acid groups (broad SMARTS) is 1. The van der Waals surface area contributed by atoms with Crippen LogP contribution in [-0.4, -0.2) is 178 Å². The number of amides is 2. The molecule has 1 heterocycles. The zero-order valence-electron chi connectivity index (χ0n) is 43.9. The highest BCUT2D eigenvalue weighted by molar-refractivity contribution is 7.86. The van der Waals surface area contributed by atoms with Gasteiger partial charge in [-0.2, -0.15) is 21.4 Å². The summed E-state index contributed by atoms with van der Waals surface area (Å²) in [6.45, 7) is 6.38. The molecule has 4 aromatic rings. The van der Waals surface area contributed by atoms with Gasteiger partial charge >= 0.3 is 11.9 Å². The molecule has 1 atom stereocenters. The monoisotopic (exact) mass is 1090 g/mol. The van der Waals surface area contributed by atoms with Crippen LogP contribution >= 0.6 is 0 Å². The van der Waals surface area contributed by atoms with Crippen LogP contribution in [-0.2, 0) is 55.3 Å². The molecular formula is C51H74N4O18S2+2. The van der Waals surface area contributed by atoms with Crippen molar-refractivity contribution < 1.29 is 92.4 Å². The molecule has 22 nitrogen and oxygen atoms in total. The van der Waals surface area contributed by atoms with Crippen molar-refractivity contribution in [3.05, 3.63) is 70.8 Å². The number of nitrogens with zero attached hydrogens (tertiary/aromatic N) is 2. The minimum absolute atomic E-state index is 0.0288. The molecule has 4 rings (SSSR count). The van der Waals surface area contributed by atoms with Crippen molar-refractivity contribution in [1.29, 1.82) is 0 Å². The number of methoxy groups -OCH3 is 4. The molecule has 0 saturated heterocycles. The van der Waals surface area contributed by atoms with Crippen molar-refractivity contribution in [2.45, 2.75) is 77.5 Å². The Balaban J connectivity index is 1.65. The highest BCUT2D eigenvalue weighted by Gasteiger charge is 2.30. The smallest absolute Gasteiger partial charge is 0.345 e. The van der Waals surface area contributed by atoms with E-state index >= 15 is 0 Å². The van der Waals surface area contributed by atoms with E-state index in [1.54, 1.807) is 62.4 Å². The summed E-state index contributed by atoms with van der Waals surface area (Å²) in [5, 5.41) is 15.3. The molecule has 0 fully saturated rings. The van der Waals surface area contributed by atoms with Gasteiger partial charge in [-0.3, -0.25) is 23.5 Å². The maximum Gasteiger partial charge on any atom is 0.345 e. The fraction of sp³-hybridized carbons (Fsp3) is 0.549. The summed E-state index contributed by atoms with van der Waals surface area (Å²) in [4.78, 5) is 51.6. The fourth-order valence-electron chi connectivity index (χ4n) is 8.84. The molecule has 0 aliphatic rings. The largest absolute Gasteiger partial charge is 0.486 e. The molecule has 1 aromatic heterocycles. The molecule has 0 aliphatic carbocycles. The van der Waals surface area contributed by atoms with E-state index in [1.165, 1.54) is 28.4 Å². The van der Waals surface area contributed by atoms with Crippen molar-refractivity contribution in [2.75, 3.05) is 106 Å². The SMILES string of the molecule is COCC(COC)Oc1ccc2c(c1)c(C(=O)Oc1c(C)cc(C(=O)NCCC[N+](C)(CCCNC(=O)CCCC(=O)O)CCCS(=O)(=O)O)cc1C)c1cc(OC(COC)COC)ccc1[n+]2CCCS(=O)(=O)O. The van der Waals surface area contributed by atoms with Crippen molar-refractivity contribution in [3.8, 4) is 17.2 Å². The quantitative estimate of drug-likeness (QED) is 0.00825. The Morgan fingerprint density at radius 1 is 0.640 bits per heavy atom. The van der Waals surface area contributed by atoms with E-state index in [1.807, 2.05) is 11.6 Å². The molecule has 3 aromatic carbocycles. The van der Waals surface area contributed by atoms with Crippen molar-refractivity contribution in [2.24, 2.45) is 0 Å². The van der Waals surface area contributed by atoms with E-state index in [0.29, 0.717) is 93.5 Å². The van der Waals surface area contributed by atoms with E-state index in [9.17, 15) is 45.1 Å². The third kappa shape index (κ3) is 20.5. The lowest BCUT2D eigenvalue weighted by molar-refractivity contribution is -0.909. The predicted octanol–water partition coefficient (Wildman–Crippen LogP) is 4.08. The van der Waals surface area contributed by atoms with Crippen LogP contribution < -0.4 is 29.4 Å². The van der Waals surface area contributed by atoms with E-state index in [4.69, 9.17) is 38.3 Å². The van der Waals surface area contributed by atoms with Crippen molar-refractivity contribution in [3.63, 3.8) is 0 Å². The summed E-state index contributed by atoms with van der Waals surface area (Å²) in [6.07, 6.45) is 0.416. The van der Waals surface area contributed by atoms with Crippen LogP contribution in [0, 0.1) is 13.8 Å². The van der Waals surface area contributed by atoms with Gasteiger partial charge < -0.3 is 53.4 Å². The summed E-state index contributed by atoms with van der Waals surface area (Å²) < 4.78 is 108. The topological polar surface area (TPSA) is 290 Å². The van der Waals surface area contributed by atoms with Gasteiger partial charge in [0.1, 0.15) is 29.5 Å². The molecule has 0 saturated carbocycles. The normalized spacial score (nSPS) is 12.8. The Labute approximate surface area is 439 Å². The van der Waals surface area contributed by atoms with Crippen LogP contribution in [0.3, 0.4) is 0 Å². The number of fused-ring (bicyclic) bond motifs is 2. The number of quaternary nitrogens is 1. The lowest BCUT2D eigenvalue weighted by Crippen LogP contribution is -2.48. The number of aromatic nitrogens is 1. The van der Waals surface area contributed by atoms with Gasteiger partial charge in [0.05, 0.1) is 81.0 Å². The Hall–Kier alpha value is -5.57. The summed E-state index contributed by atoms with van der Waals surface area (Å²) in [7, 11) is -0.434. The predicted molar refractivity (Wildman–Crippen MR) is 278 cm³/mol. The number of nitrogens with one attached hydrogen (secondary N) is 2. The molecule has 2 amide bonds. The number of rotatable bonds is 35. The third-order valence-corrected chi connectivity index (χ3v) is 13.8. The van der Waals surface area contributed by atoms with Gasteiger partial charge in [-0.25, -0.2) is 4.79 Å². The number of carbonyl (C=O) groups is 4. The number of carboxylic acids is 1. The second-order valence-electron chi connectivity index (χ2n) is 18.6. The van der Waals surface area contributed by atoms with Gasteiger partial charge in [0.2, 0.25) is 16.9 Å². The average Bonchev–Trinajstić information content (AvgIpc) is 3.32. The van der Waals surface area contributed by atoms with Crippen molar-refractivity contribution >= 4 is 65.8 Å². The second kappa shape index (κ2) is 29.7. The number of hydrogen-bond donors (Lipinski definition) is 5. The standard InChI is InChI=1S/C51H72N4O18S2/c1-35-27-37(50(59)53-20-10-23-55(3,24-12-26-75(64,65)66)22-9-19-52-46(56)13-8-14-47(57)58)28-36(2)49(35)73-51(60)48-42-29-38(71-40(31-67-4)32-68-5)15-17-44(42)54(21-11-25-74(61,62)63)45-18-16-39(30-43(45)48)72-41(33-69-6)34-70-7/h15-18,27-30,40-41H,8-14,19-26,31-34H2,1-7H3,(H3-2,52,53,56,57,58,59,61,62,63,64,65,66)/p+2. The number of hydrogen-bond acceptors (Lipinski definition) is 15. The first kappa shape index (κ1) is 62.0. The minimum atomic E-state index is -4.31. The Bertz CT molecular complexity index is 2700. The van der Waals surface area contributed by atoms with Gasteiger partial charge in [0, 0.05) is 97.7 Å². The Morgan fingerprint density at radius 3 is 1.57 bits per heavy atom. The maximum absolute atomic E-state index is 15.0. The van der Waals surface area contributed by atoms with Crippen LogP contribution in [0.4, 0.5) is 0 Å². The van der Waals surface area contributed by atoms with Crippen LogP contribution in [0.15, 0.2) is 48.5 Å². The second-order valence-corrected chi connectivity index (χ2v) is 21.8. The van der Waals surface area contributed by atoms with Gasteiger partial charge in [0.15, 0.2) is 6.54 Å². The first-order valence-electron chi connectivity index (χ1n) is 24.6. The molecule has 24 heteroatoms. The van der Waals surface area contributed by atoms with Crippen LogP contribution in [0.5, 0.6) is 17.2 Å². The van der Waals surface area contributed by atoms with E-state index in [-0.39, 0.29) is 94.7 Å². The number of pyridine rings is 1. The summed E-state index contributed by atoms with van der Waals surface area (Å²) >= 11 is 0. The van der Waals surface area contributed by atoms with Crippen LogP contribution in [0.2, 0.25) is 0 Å². The molecule has 0 radical (unpaired) electrons. The number of benzene rings is 3. The Kier molecular flexibility index (Phi) is 24.5. The molecule has 0 aliphatic heterocycles. The lowest BCUT2D eigenvalue weighted by Gasteiger charge is -2.35. The molecule has 0 bridgehead atoms. The first-order chi connectivity index (χ1) is 35.5. The molecule has 0 spiro atoms. The molecule has 1 unspecified atom stereocenters. The third-order valence-electron chi connectivity index (χ3n) is 12.2. The zero-order chi connectivity index (χ0) is 55.3. The van der Waals surface area contributed by atoms with Gasteiger partial charge in [-0.15, -0.1) is 0 Å². The van der Waals surface area contributed by atoms with E-state index in [2.05, 4.69) is 10.6 Å². The first-order valence-corrected chi connectivity index (χ1v) is 27.8. The van der Waals surface area contributed by atoms with Gasteiger partial charge in [-0.05, 0) is 67.8 Å². The lowest BCUT2D eigenvalue weighted by atomic mass is 10.0. The minimum Gasteiger partial charge on any atom is -0.486 e. The van der Waals surface area contributed by atoms with E-state index < -0.39 is 55.9 Å². The number of esters is 1. The van der Waals surface area contributed by atoms with Gasteiger partial charge in [-0.1, -0.05) is 0 Å². The van der Waals surface area contributed by atoms with Crippen LogP contribution in [0.25, 0.3) is 21.8 Å². The summed E-state index contributed by atoms with van der Waals surface area (Å²) in [6, 6.07) is 13.5. The molecule has 75 heavy (non-hydrogen) atoms. The molecular weight excluding hydrogens is 1020 g/mol. The van der Waals surface area contributed by atoms with Gasteiger partial charge in [0.25, 0.3) is 26.1 Å². The maximum atomic E-state index is 15.0. The summed E-state index contributed by atoms with van der Waals surface area (Å²) in [5.41, 5.74) is 2.42. The molecule has 5 N–H and O–H groups in total. The number of carbonyl (C=O) groups excluding carboxylic acids is 3. The number of aryl methyl sites for hydroxylation is 3. The zero-order valence-corrected chi connectivity index (χ0v) is 45.5. The number of ether oxygens (including phenoxy) is 7.